The molecule has 0 bridgehead atoms. The minimum Gasteiger partial charge on any atom is -0.352 e. The first-order valence-corrected chi connectivity index (χ1v) is 11.5. The number of benzene rings is 2. The lowest BCUT2D eigenvalue weighted by molar-refractivity contribution is -0.116. The molecule has 1 aliphatic heterocycles. The van der Waals surface area contributed by atoms with Gasteiger partial charge in [0.2, 0.25) is 5.91 Å². The smallest absolute Gasteiger partial charge is 0.254 e. The van der Waals surface area contributed by atoms with E-state index in [0.717, 1.165) is 29.3 Å². The zero-order valence-electron chi connectivity index (χ0n) is 15.8. The summed E-state index contributed by atoms with van der Waals surface area (Å²) in [6.07, 6.45) is 1.87. The Balaban J connectivity index is 1.42. The maximum absolute atomic E-state index is 13.6. The van der Waals surface area contributed by atoms with E-state index in [-0.39, 0.29) is 24.4 Å². The molecule has 1 saturated heterocycles. The lowest BCUT2D eigenvalue weighted by atomic mass is 10.2. The van der Waals surface area contributed by atoms with Crippen LogP contribution in [0.25, 0.3) is 0 Å². The number of hydrogen-bond donors (Lipinski definition) is 2. The second-order valence-corrected chi connectivity index (χ2v) is 9.31. The summed E-state index contributed by atoms with van der Waals surface area (Å²) in [6, 6.07) is 10.7. The Hall–Kier alpha value is -2.06. The topological polar surface area (TPSA) is 58.2 Å². The van der Waals surface area contributed by atoms with Gasteiger partial charge in [0.15, 0.2) is 0 Å². The standard InChI is InChI=1S/C21H22F2N2O2S2/c22-15-7-8-17(18(23)13-15)20(27)24-9-2-6-19(26)25-16-5-1-4-14(12-16)21-28-10-3-11-29-21/h1,4-5,7-8,12-13,21H,2-3,6,9-11H2,(H,24,27)(H,25,26). The zero-order chi connectivity index (χ0) is 20.6. The third-order valence-electron chi connectivity index (χ3n) is 4.31. The number of amides is 2. The summed E-state index contributed by atoms with van der Waals surface area (Å²) >= 11 is 3.85. The fourth-order valence-corrected chi connectivity index (χ4v) is 5.76. The Kier molecular flexibility index (Phi) is 7.94. The van der Waals surface area contributed by atoms with Crippen LogP contribution in [0.5, 0.6) is 0 Å². The predicted molar refractivity (Wildman–Crippen MR) is 115 cm³/mol. The fraction of sp³-hybridized carbons (Fsp3) is 0.333. The van der Waals surface area contributed by atoms with E-state index in [4.69, 9.17) is 0 Å². The zero-order valence-corrected chi connectivity index (χ0v) is 17.4. The molecular formula is C21H22F2N2O2S2. The van der Waals surface area contributed by atoms with Crippen molar-refractivity contribution in [3.8, 4) is 0 Å². The normalized spacial score (nSPS) is 14.4. The van der Waals surface area contributed by atoms with Crippen molar-refractivity contribution in [2.24, 2.45) is 0 Å². The van der Waals surface area contributed by atoms with E-state index < -0.39 is 17.5 Å². The van der Waals surface area contributed by atoms with E-state index in [0.29, 0.717) is 17.1 Å². The highest BCUT2D eigenvalue weighted by Crippen LogP contribution is 2.44. The molecule has 3 rings (SSSR count). The Labute approximate surface area is 177 Å². The van der Waals surface area contributed by atoms with Crippen molar-refractivity contribution in [1.82, 2.24) is 5.32 Å². The summed E-state index contributed by atoms with van der Waals surface area (Å²) in [6.45, 7) is 0.221. The quantitative estimate of drug-likeness (QED) is 0.601. The second kappa shape index (κ2) is 10.6. The Morgan fingerprint density at radius 2 is 1.86 bits per heavy atom. The number of halogens is 2. The van der Waals surface area contributed by atoms with Gasteiger partial charge in [0, 0.05) is 24.7 Å². The highest BCUT2D eigenvalue weighted by Gasteiger charge is 2.17. The number of carbonyl (C=O) groups is 2. The van der Waals surface area contributed by atoms with Gasteiger partial charge in [0.1, 0.15) is 11.6 Å². The summed E-state index contributed by atoms with van der Waals surface area (Å²) in [4.78, 5) is 24.1. The van der Waals surface area contributed by atoms with Gasteiger partial charge in [0.05, 0.1) is 10.1 Å². The fourth-order valence-electron chi connectivity index (χ4n) is 2.89. The highest BCUT2D eigenvalue weighted by atomic mass is 32.2. The van der Waals surface area contributed by atoms with Crippen LogP contribution >= 0.6 is 23.5 Å². The van der Waals surface area contributed by atoms with Gasteiger partial charge in [-0.05, 0) is 54.2 Å². The van der Waals surface area contributed by atoms with Crippen molar-refractivity contribution >= 4 is 41.0 Å². The van der Waals surface area contributed by atoms with Gasteiger partial charge in [-0.2, -0.15) is 0 Å². The summed E-state index contributed by atoms with van der Waals surface area (Å²) in [5.74, 6) is -0.106. The molecule has 2 aromatic carbocycles. The minimum absolute atomic E-state index is 0.145. The summed E-state index contributed by atoms with van der Waals surface area (Å²) in [5.41, 5.74) is 1.74. The lowest BCUT2D eigenvalue weighted by Gasteiger charge is -2.21. The molecule has 0 saturated carbocycles. The van der Waals surface area contributed by atoms with E-state index in [1.807, 2.05) is 41.7 Å². The first kappa shape index (κ1) is 21.6. The predicted octanol–water partition coefficient (Wildman–Crippen LogP) is 4.98. The maximum atomic E-state index is 13.6. The number of anilines is 1. The molecule has 0 unspecified atom stereocenters. The Morgan fingerprint density at radius 1 is 1.07 bits per heavy atom. The van der Waals surface area contributed by atoms with Crippen molar-refractivity contribution in [3.63, 3.8) is 0 Å². The number of rotatable bonds is 7. The van der Waals surface area contributed by atoms with Crippen LogP contribution in [-0.4, -0.2) is 29.9 Å². The third kappa shape index (κ3) is 6.47. The van der Waals surface area contributed by atoms with Crippen LogP contribution in [0, 0.1) is 11.6 Å². The number of hydrogen-bond acceptors (Lipinski definition) is 4. The molecule has 2 aromatic rings. The molecule has 0 aliphatic carbocycles. The van der Waals surface area contributed by atoms with E-state index >= 15 is 0 Å². The monoisotopic (exact) mass is 436 g/mol. The van der Waals surface area contributed by atoms with E-state index in [1.165, 1.54) is 12.0 Å². The molecule has 29 heavy (non-hydrogen) atoms. The molecule has 2 N–H and O–H groups in total. The number of nitrogens with one attached hydrogen (secondary N) is 2. The van der Waals surface area contributed by atoms with Gasteiger partial charge in [-0.15, -0.1) is 23.5 Å². The number of thioether (sulfide) groups is 2. The van der Waals surface area contributed by atoms with Crippen LogP contribution in [0.1, 0.15) is 39.8 Å². The van der Waals surface area contributed by atoms with Gasteiger partial charge in [0.25, 0.3) is 5.91 Å². The van der Waals surface area contributed by atoms with Gasteiger partial charge in [-0.25, -0.2) is 8.78 Å². The molecule has 8 heteroatoms. The Bertz CT molecular complexity index is 874. The van der Waals surface area contributed by atoms with Crippen molar-refractivity contribution in [3.05, 3.63) is 65.2 Å². The van der Waals surface area contributed by atoms with Crippen molar-refractivity contribution in [1.29, 1.82) is 0 Å². The van der Waals surface area contributed by atoms with Crippen LogP contribution in [-0.2, 0) is 4.79 Å². The van der Waals surface area contributed by atoms with E-state index in [9.17, 15) is 18.4 Å². The largest absolute Gasteiger partial charge is 0.352 e. The lowest BCUT2D eigenvalue weighted by Crippen LogP contribution is -2.26. The van der Waals surface area contributed by atoms with Crippen LogP contribution in [0.4, 0.5) is 14.5 Å². The molecule has 0 spiro atoms. The molecular weight excluding hydrogens is 414 g/mol. The first-order valence-electron chi connectivity index (χ1n) is 9.39. The van der Waals surface area contributed by atoms with Crippen LogP contribution in [0.3, 0.4) is 0 Å². The Morgan fingerprint density at radius 3 is 2.62 bits per heavy atom. The van der Waals surface area contributed by atoms with Gasteiger partial charge in [-0.3, -0.25) is 9.59 Å². The highest BCUT2D eigenvalue weighted by molar-refractivity contribution is 8.16. The molecule has 1 fully saturated rings. The third-order valence-corrected chi connectivity index (χ3v) is 7.33. The SMILES string of the molecule is O=C(CCCNC(=O)c1ccc(F)cc1F)Nc1cccc(C2SCCCS2)c1. The van der Waals surface area contributed by atoms with Gasteiger partial charge < -0.3 is 10.6 Å². The maximum Gasteiger partial charge on any atom is 0.254 e. The molecule has 1 aliphatic rings. The van der Waals surface area contributed by atoms with Gasteiger partial charge in [-0.1, -0.05) is 12.1 Å². The average Bonchev–Trinajstić information content (AvgIpc) is 2.72. The molecule has 1 heterocycles. The van der Waals surface area contributed by atoms with Crippen molar-refractivity contribution in [2.75, 3.05) is 23.4 Å². The van der Waals surface area contributed by atoms with Crippen LogP contribution in [0.2, 0.25) is 0 Å². The summed E-state index contributed by atoms with van der Waals surface area (Å²) in [5, 5.41) is 5.43. The van der Waals surface area contributed by atoms with Crippen LogP contribution in [0.15, 0.2) is 42.5 Å². The molecule has 154 valence electrons. The van der Waals surface area contributed by atoms with E-state index in [1.54, 1.807) is 0 Å². The molecule has 2 amide bonds. The molecule has 4 nitrogen and oxygen atoms in total. The minimum atomic E-state index is -0.908. The summed E-state index contributed by atoms with van der Waals surface area (Å²) < 4.78 is 26.9. The van der Waals surface area contributed by atoms with Crippen molar-refractivity contribution in [2.45, 2.75) is 23.8 Å². The van der Waals surface area contributed by atoms with E-state index in [2.05, 4.69) is 16.7 Å². The average molecular weight is 437 g/mol. The molecule has 0 radical (unpaired) electrons. The van der Waals surface area contributed by atoms with Crippen LogP contribution < -0.4 is 10.6 Å². The molecule has 0 atom stereocenters. The summed E-state index contributed by atoms with van der Waals surface area (Å²) in [7, 11) is 0. The molecule has 0 aromatic heterocycles. The van der Waals surface area contributed by atoms with Gasteiger partial charge >= 0.3 is 0 Å². The second-order valence-electron chi connectivity index (χ2n) is 6.58. The number of carbonyl (C=O) groups excluding carboxylic acids is 2. The first-order chi connectivity index (χ1) is 14.0. The van der Waals surface area contributed by atoms with Crippen molar-refractivity contribution < 1.29 is 18.4 Å².